The highest BCUT2D eigenvalue weighted by molar-refractivity contribution is 5.86. The standard InChI is InChI=1S/C16H22F2N2O/c1-4-16(8-5-9-19-16)15(21)20(3)11(2)13-10-12(17)6-7-14(13)18/h6-7,10-11,19H,4-5,8-9H2,1-3H3. The van der Waals surface area contributed by atoms with Gasteiger partial charge in [-0.15, -0.1) is 0 Å². The minimum absolute atomic E-state index is 0.0568. The zero-order valence-corrected chi connectivity index (χ0v) is 12.7. The quantitative estimate of drug-likeness (QED) is 0.926. The van der Waals surface area contributed by atoms with Crippen LogP contribution in [0.15, 0.2) is 18.2 Å². The lowest BCUT2D eigenvalue weighted by molar-refractivity contribution is -0.138. The molecule has 0 spiro atoms. The number of nitrogens with one attached hydrogen (secondary N) is 1. The summed E-state index contributed by atoms with van der Waals surface area (Å²) in [4.78, 5) is 14.3. The van der Waals surface area contributed by atoms with Crippen LogP contribution >= 0.6 is 0 Å². The number of nitrogens with zero attached hydrogens (tertiary/aromatic N) is 1. The molecule has 0 aromatic heterocycles. The maximum atomic E-state index is 13.9. The molecule has 3 nitrogen and oxygen atoms in total. The van der Waals surface area contributed by atoms with E-state index in [-0.39, 0.29) is 11.5 Å². The molecule has 1 heterocycles. The molecular weight excluding hydrogens is 274 g/mol. The highest BCUT2D eigenvalue weighted by atomic mass is 19.1. The van der Waals surface area contributed by atoms with Gasteiger partial charge in [-0.3, -0.25) is 4.79 Å². The number of halogens is 2. The molecule has 2 atom stereocenters. The minimum Gasteiger partial charge on any atom is -0.337 e. The zero-order chi connectivity index (χ0) is 15.6. The lowest BCUT2D eigenvalue weighted by Crippen LogP contribution is -2.54. The van der Waals surface area contributed by atoms with Crippen molar-refractivity contribution in [1.82, 2.24) is 10.2 Å². The van der Waals surface area contributed by atoms with E-state index in [9.17, 15) is 13.6 Å². The molecule has 2 rings (SSSR count). The Balaban J connectivity index is 2.24. The molecule has 1 aliphatic rings. The first-order chi connectivity index (χ1) is 9.91. The van der Waals surface area contributed by atoms with E-state index in [1.807, 2.05) is 6.92 Å². The first kappa shape index (κ1) is 15.9. The van der Waals surface area contributed by atoms with Gasteiger partial charge in [-0.05, 0) is 50.9 Å². The maximum Gasteiger partial charge on any atom is 0.243 e. The molecule has 0 saturated carbocycles. The summed E-state index contributed by atoms with van der Waals surface area (Å²) in [6.45, 7) is 4.50. The summed E-state index contributed by atoms with van der Waals surface area (Å²) in [5.74, 6) is -1.05. The third-order valence-electron chi connectivity index (χ3n) is 4.57. The number of benzene rings is 1. The van der Waals surface area contributed by atoms with Gasteiger partial charge in [-0.1, -0.05) is 6.92 Å². The van der Waals surface area contributed by atoms with Crippen LogP contribution in [0, 0.1) is 11.6 Å². The molecule has 2 unspecified atom stereocenters. The Bertz CT molecular complexity index is 527. The Morgan fingerprint density at radius 1 is 1.48 bits per heavy atom. The Labute approximate surface area is 124 Å². The molecule has 5 heteroatoms. The highest BCUT2D eigenvalue weighted by Gasteiger charge is 2.42. The fraction of sp³-hybridized carbons (Fsp3) is 0.562. The fourth-order valence-electron chi connectivity index (χ4n) is 3.00. The number of carbonyl (C=O) groups is 1. The normalized spacial score (nSPS) is 23.1. The van der Waals surface area contributed by atoms with Crippen molar-refractivity contribution in [2.24, 2.45) is 0 Å². The second-order valence-corrected chi connectivity index (χ2v) is 5.72. The molecular formula is C16H22F2N2O. The van der Waals surface area contributed by atoms with Gasteiger partial charge in [-0.25, -0.2) is 8.78 Å². The van der Waals surface area contributed by atoms with Gasteiger partial charge in [0.25, 0.3) is 0 Å². The van der Waals surface area contributed by atoms with Crippen molar-refractivity contribution in [3.05, 3.63) is 35.4 Å². The predicted molar refractivity (Wildman–Crippen MR) is 77.8 cm³/mol. The fourth-order valence-corrected chi connectivity index (χ4v) is 3.00. The van der Waals surface area contributed by atoms with Crippen LogP contribution in [0.25, 0.3) is 0 Å². The average Bonchev–Trinajstić information content (AvgIpc) is 2.97. The van der Waals surface area contributed by atoms with E-state index in [1.165, 1.54) is 4.90 Å². The molecule has 1 aliphatic heterocycles. The van der Waals surface area contributed by atoms with Crippen molar-refractivity contribution in [2.75, 3.05) is 13.6 Å². The minimum atomic E-state index is -0.563. The number of carbonyl (C=O) groups excluding carboxylic acids is 1. The van der Waals surface area contributed by atoms with E-state index in [0.717, 1.165) is 37.6 Å². The number of amides is 1. The summed E-state index contributed by atoms with van der Waals surface area (Å²) in [6.07, 6.45) is 2.43. The van der Waals surface area contributed by atoms with Gasteiger partial charge in [0.15, 0.2) is 0 Å². The average molecular weight is 296 g/mol. The molecule has 116 valence electrons. The van der Waals surface area contributed by atoms with E-state index in [2.05, 4.69) is 5.32 Å². The van der Waals surface area contributed by atoms with Crippen LogP contribution in [0.4, 0.5) is 8.78 Å². The smallest absolute Gasteiger partial charge is 0.243 e. The number of hydrogen-bond donors (Lipinski definition) is 1. The van der Waals surface area contributed by atoms with Crippen LogP contribution in [0.1, 0.15) is 44.7 Å². The molecule has 0 aliphatic carbocycles. The van der Waals surface area contributed by atoms with Gasteiger partial charge in [-0.2, -0.15) is 0 Å². The summed E-state index contributed by atoms with van der Waals surface area (Å²) in [7, 11) is 1.65. The summed E-state index contributed by atoms with van der Waals surface area (Å²) < 4.78 is 27.2. The van der Waals surface area contributed by atoms with Gasteiger partial charge in [0.2, 0.25) is 5.91 Å². The van der Waals surface area contributed by atoms with Gasteiger partial charge in [0, 0.05) is 12.6 Å². The van der Waals surface area contributed by atoms with Crippen LogP contribution < -0.4 is 5.32 Å². The van der Waals surface area contributed by atoms with E-state index < -0.39 is 23.2 Å². The first-order valence-corrected chi connectivity index (χ1v) is 7.38. The van der Waals surface area contributed by atoms with Crippen molar-refractivity contribution in [2.45, 2.75) is 44.7 Å². The summed E-state index contributed by atoms with van der Waals surface area (Å²) in [5, 5.41) is 3.27. The highest BCUT2D eigenvalue weighted by Crippen LogP contribution is 2.30. The topological polar surface area (TPSA) is 32.3 Å². The van der Waals surface area contributed by atoms with E-state index in [4.69, 9.17) is 0 Å². The van der Waals surface area contributed by atoms with Crippen molar-refractivity contribution < 1.29 is 13.6 Å². The van der Waals surface area contributed by atoms with Gasteiger partial charge in [0.1, 0.15) is 11.6 Å². The van der Waals surface area contributed by atoms with Crippen molar-refractivity contribution in [3.8, 4) is 0 Å². The van der Waals surface area contributed by atoms with Crippen molar-refractivity contribution >= 4 is 5.91 Å². The summed E-state index contributed by atoms with van der Waals surface area (Å²) in [5.41, 5.74) is -0.359. The van der Waals surface area contributed by atoms with E-state index >= 15 is 0 Å². The summed E-state index contributed by atoms with van der Waals surface area (Å²) in [6, 6.07) is 2.83. The third kappa shape index (κ3) is 2.93. The number of rotatable bonds is 4. The van der Waals surface area contributed by atoms with Crippen molar-refractivity contribution in [1.29, 1.82) is 0 Å². The van der Waals surface area contributed by atoms with Gasteiger partial charge >= 0.3 is 0 Å². The molecule has 0 bridgehead atoms. The lowest BCUT2D eigenvalue weighted by Gasteiger charge is -2.35. The molecule has 1 saturated heterocycles. The molecule has 21 heavy (non-hydrogen) atoms. The van der Waals surface area contributed by atoms with Crippen molar-refractivity contribution in [3.63, 3.8) is 0 Å². The predicted octanol–water partition coefficient (Wildman–Crippen LogP) is 3.02. The Morgan fingerprint density at radius 3 is 2.76 bits per heavy atom. The Morgan fingerprint density at radius 2 is 2.19 bits per heavy atom. The largest absolute Gasteiger partial charge is 0.337 e. The molecule has 1 aromatic carbocycles. The molecule has 1 aromatic rings. The van der Waals surface area contributed by atoms with Crippen LogP contribution in [0.3, 0.4) is 0 Å². The number of hydrogen-bond acceptors (Lipinski definition) is 2. The summed E-state index contributed by atoms with van der Waals surface area (Å²) >= 11 is 0. The van der Waals surface area contributed by atoms with Crippen LogP contribution in [-0.4, -0.2) is 29.9 Å². The molecule has 1 amide bonds. The number of likely N-dealkylation sites (N-methyl/N-ethyl adjacent to an activating group) is 1. The second-order valence-electron chi connectivity index (χ2n) is 5.72. The first-order valence-electron chi connectivity index (χ1n) is 7.38. The second kappa shape index (κ2) is 6.10. The van der Waals surface area contributed by atoms with Crippen LogP contribution in [-0.2, 0) is 4.79 Å². The van der Waals surface area contributed by atoms with E-state index in [1.54, 1.807) is 14.0 Å². The zero-order valence-electron chi connectivity index (χ0n) is 12.7. The van der Waals surface area contributed by atoms with E-state index in [0.29, 0.717) is 6.42 Å². The molecule has 0 radical (unpaired) electrons. The van der Waals surface area contributed by atoms with Gasteiger partial charge < -0.3 is 10.2 Å². The van der Waals surface area contributed by atoms with Gasteiger partial charge in [0.05, 0.1) is 11.6 Å². The third-order valence-corrected chi connectivity index (χ3v) is 4.57. The lowest BCUT2D eigenvalue weighted by atomic mass is 9.91. The van der Waals surface area contributed by atoms with Crippen LogP contribution in [0.2, 0.25) is 0 Å². The SMILES string of the molecule is CCC1(C(=O)N(C)C(C)c2cc(F)ccc2F)CCCN1. The Hall–Kier alpha value is -1.49. The van der Waals surface area contributed by atoms with Crippen LogP contribution in [0.5, 0.6) is 0 Å². The maximum absolute atomic E-state index is 13.9. The molecule has 1 fully saturated rings. The monoisotopic (exact) mass is 296 g/mol. The Kier molecular flexibility index (Phi) is 4.61. The molecule has 1 N–H and O–H groups in total.